The highest BCUT2D eigenvalue weighted by atomic mass is 16.6. The highest BCUT2D eigenvalue weighted by Gasteiger charge is 2.02. The molecule has 0 radical (unpaired) electrons. The van der Waals surface area contributed by atoms with Crippen LogP contribution in [0.15, 0.2) is 48.6 Å². The molecule has 0 fully saturated rings. The second-order valence-corrected chi connectivity index (χ2v) is 6.09. The maximum atomic E-state index is 11.2. The second-order valence-electron chi connectivity index (χ2n) is 6.09. The van der Waals surface area contributed by atoms with Crippen LogP contribution in [0.1, 0.15) is 13.8 Å². The van der Waals surface area contributed by atoms with Gasteiger partial charge in [-0.1, -0.05) is 18.7 Å². The number of ether oxygens (including phenoxy) is 5. The summed E-state index contributed by atoms with van der Waals surface area (Å²) in [6.45, 7) is 10.1. The average Bonchev–Trinajstić information content (AvgIpc) is 2.69. The topological polar surface area (TPSA) is 63.2 Å². The molecule has 2 rings (SSSR count). The molecule has 6 nitrogen and oxygen atoms in total. The van der Waals surface area contributed by atoms with E-state index >= 15 is 0 Å². The minimum Gasteiger partial charge on any atom is -0.494 e. The molecular formula is C22H28O6. The molecule has 0 aliphatic rings. The summed E-state index contributed by atoms with van der Waals surface area (Å²) < 4.78 is 26.9. The van der Waals surface area contributed by atoms with Crippen molar-refractivity contribution in [1.29, 1.82) is 0 Å². The van der Waals surface area contributed by atoms with Crippen molar-refractivity contribution in [3.63, 3.8) is 0 Å². The summed E-state index contributed by atoms with van der Waals surface area (Å²) in [5.74, 6) is 1.27. The molecule has 0 aliphatic heterocycles. The number of fused-ring (bicyclic) bond motifs is 1. The van der Waals surface area contributed by atoms with Gasteiger partial charge in [0.25, 0.3) is 0 Å². The van der Waals surface area contributed by atoms with Gasteiger partial charge in [-0.15, -0.1) is 0 Å². The Labute approximate surface area is 166 Å². The fraction of sp³-hybridized carbons (Fsp3) is 0.409. The summed E-state index contributed by atoms with van der Waals surface area (Å²) in [7, 11) is 0. The van der Waals surface area contributed by atoms with E-state index in [-0.39, 0.29) is 6.61 Å². The molecule has 0 saturated heterocycles. The van der Waals surface area contributed by atoms with Gasteiger partial charge in [-0.05, 0) is 48.9 Å². The van der Waals surface area contributed by atoms with Crippen molar-refractivity contribution in [2.45, 2.75) is 13.8 Å². The van der Waals surface area contributed by atoms with E-state index < -0.39 is 5.97 Å². The summed E-state index contributed by atoms with van der Waals surface area (Å²) >= 11 is 0. The number of carbonyl (C=O) groups excluding carboxylic acids is 1. The van der Waals surface area contributed by atoms with Crippen LogP contribution in [0, 0.1) is 0 Å². The van der Waals surface area contributed by atoms with E-state index in [9.17, 15) is 4.79 Å². The summed E-state index contributed by atoms with van der Waals surface area (Å²) in [6.07, 6.45) is 0. The van der Waals surface area contributed by atoms with Gasteiger partial charge >= 0.3 is 5.97 Å². The van der Waals surface area contributed by atoms with E-state index in [0.29, 0.717) is 45.2 Å². The number of benzene rings is 2. The van der Waals surface area contributed by atoms with Crippen LogP contribution in [0.25, 0.3) is 10.8 Å². The minimum absolute atomic E-state index is 0.211. The molecule has 0 aromatic heterocycles. The van der Waals surface area contributed by atoms with Crippen molar-refractivity contribution in [1.82, 2.24) is 0 Å². The average molecular weight is 388 g/mol. The molecule has 2 aromatic carbocycles. The zero-order chi connectivity index (χ0) is 20.2. The molecule has 0 N–H and O–H groups in total. The third-order valence-corrected chi connectivity index (χ3v) is 3.77. The fourth-order valence-corrected chi connectivity index (χ4v) is 2.41. The Morgan fingerprint density at radius 3 is 1.93 bits per heavy atom. The van der Waals surface area contributed by atoms with E-state index in [1.165, 1.54) is 0 Å². The van der Waals surface area contributed by atoms with Crippen LogP contribution in [0.2, 0.25) is 0 Å². The molecule has 0 atom stereocenters. The molecule has 0 aliphatic carbocycles. The largest absolute Gasteiger partial charge is 0.494 e. The van der Waals surface area contributed by atoms with Gasteiger partial charge in [0.1, 0.15) is 24.7 Å². The van der Waals surface area contributed by atoms with Gasteiger partial charge < -0.3 is 23.7 Å². The fourth-order valence-electron chi connectivity index (χ4n) is 2.41. The molecule has 2 aromatic rings. The van der Waals surface area contributed by atoms with Crippen LogP contribution >= 0.6 is 0 Å². The van der Waals surface area contributed by atoms with Crippen molar-refractivity contribution in [3.05, 3.63) is 48.6 Å². The Kier molecular flexibility index (Phi) is 9.31. The first-order chi connectivity index (χ1) is 13.6. The van der Waals surface area contributed by atoms with Crippen molar-refractivity contribution in [2.75, 3.05) is 46.2 Å². The molecule has 0 bridgehead atoms. The van der Waals surface area contributed by atoms with Gasteiger partial charge in [0.2, 0.25) is 0 Å². The van der Waals surface area contributed by atoms with E-state index in [0.717, 1.165) is 22.3 Å². The molecule has 0 heterocycles. The van der Waals surface area contributed by atoms with Crippen LogP contribution < -0.4 is 9.47 Å². The van der Waals surface area contributed by atoms with Crippen molar-refractivity contribution < 1.29 is 28.5 Å². The van der Waals surface area contributed by atoms with Crippen molar-refractivity contribution in [3.8, 4) is 11.5 Å². The zero-order valence-electron chi connectivity index (χ0n) is 16.6. The molecule has 6 heteroatoms. The van der Waals surface area contributed by atoms with E-state index in [1.807, 2.05) is 43.3 Å². The third-order valence-electron chi connectivity index (χ3n) is 3.77. The van der Waals surface area contributed by atoms with Gasteiger partial charge in [0.15, 0.2) is 0 Å². The minimum atomic E-state index is -0.402. The first-order valence-corrected chi connectivity index (χ1v) is 9.37. The van der Waals surface area contributed by atoms with Crippen LogP contribution in [0.4, 0.5) is 0 Å². The lowest BCUT2D eigenvalue weighted by Crippen LogP contribution is -2.14. The summed E-state index contributed by atoms with van der Waals surface area (Å²) in [5.41, 5.74) is 0.380. The third kappa shape index (κ3) is 7.58. The lowest BCUT2D eigenvalue weighted by atomic mass is 10.1. The number of hydrogen-bond acceptors (Lipinski definition) is 6. The quantitative estimate of drug-likeness (QED) is 0.296. The van der Waals surface area contributed by atoms with Gasteiger partial charge in [-0.25, -0.2) is 4.79 Å². The highest BCUT2D eigenvalue weighted by Crippen LogP contribution is 2.25. The van der Waals surface area contributed by atoms with E-state index in [4.69, 9.17) is 23.7 Å². The predicted octanol–water partition coefficient (Wildman–Crippen LogP) is 3.77. The molecule has 0 spiro atoms. The van der Waals surface area contributed by atoms with Gasteiger partial charge in [0, 0.05) is 5.57 Å². The maximum absolute atomic E-state index is 11.2. The molecule has 0 unspecified atom stereocenters. The number of rotatable bonds is 13. The standard InChI is InChI=1S/C22H28O6/c1-4-26-20-7-5-19-16-21(8-6-18(19)15-20)27-13-11-24-9-10-25-12-14-28-22(23)17(2)3/h5-8,15-16H,2,4,9-14H2,1,3H3. The first-order valence-electron chi connectivity index (χ1n) is 9.37. The lowest BCUT2D eigenvalue weighted by molar-refractivity contribution is -0.140. The van der Waals surface area contributed by atoms with E-state index in [1.54, 1.807) is 6.92 Å². The van der Waals surface area contributed by atoms with Crippen LogP contribution in [-0.4, -0.2) is 52.2 Å². The van der Waals surface area contributed by atoms with E-state index in [2.05, 4.69) is 6.58 Å². The number of hydrogen-bond donors (Lipinski definition) is 0. The van der Waals surface area contributed by atoms with Crippen LogP contribution in [0.3, 0.4) is 0 Å². The van der Waals surface area contributed by atoms with Crippen LogP contribution in [-0.2, 0) is 19.0 Å². The van der Waals surface area contributed by atoms with Gasteiger partial charge in [-0.2, -0.15) is 0 Å². The Hall–Kier alpha value is -2.57. The van der Waals surface area contributed by atoms with Gasteiger partial charge in [0.05, 0.1) is 33.0 Å². The normalized spacial score (nSPS) is 10.6. The summed E-state index contributed by atoms with van der Waals surface area (Å²) in [4.78, 5) is 11.2. The lowest BCUT2D eigenvalue weighted by Gasteiger charge is -2.09. The number of carbonyl (C=O) groups is 1. The number of esters is 1. The Morgan fingerprint density at radius 1 is 0.821 bits per heavy atom. The first kappa shape index (κ1) is 21.7. The molecule has 0 amide bonds. The van der Waals surface area contributed by atoms with Crippen molar-refractivity contribution >= 4 is 16.7 Å². The Bertz CT molecular complexity index is 771. The monoisotopic (exact) mass is 388 g/mol. The molecular weight excluding hydrogens is 360 g/mol. The predicted molar refractivity (Wildman–Crippen MR) is 108 cm³/mol. The SMILES string of the molecule is C=C(C)C(=O)OCCOCCOCCOc1ccc2cc(OCC)ccc2c1. The molecule has 152 valence electrons. The summed E-state index contributed by atoms with van der Waals surface area (Å²) in [5, 5.41) is 2.21. The second kappa shape index (κ2) is 12.0. The van der Waals surface area contributed by atoms with Crippen LogP contribution in [0.5, 0.6) is 11.5 Å². The zero-order valence-corrected chi connectivity index (χ0v) is 16.6. The summed E-state index contributed by atoms with van der Waals surface area (Å²) in [6, 6.07) is 12.0. The smallest absolute Gasteiger partial charge is 0.333 e. The van der Waals surface area contributed by atoms with Crippen molar-refractivity contribution in [2.24, 2.45) is 0 Å². The maximum Gasteiger partial charge on any atom is 0.333 e. The highest BCUT2D eigenvalue weighted by molar-refractivity contribution is 5.87. The Morgan fingerprint density at radius 2 is 1.36 bits per heavy atom. The Balaban J connectivity index is 1.56. The molecule has 0 saturated carbocycles. The molecule has 28 heavy (non-hydrogen) atoms. The van der Waals surface area contributed by atoms with Gasteiger partial charge in [-0.3, -0.25) is 0 Å².